The summed E-state index contributed by atoms with van der Waals surface area (Å²) in [7, 11) is 2.26. The Labute approximate surface area is 241 Å². The predicted octanol–water partition coefficient (Wildman–Crippen LogP) is 6.79. The van der Waals surface area contributed by atoms with Crippen molar-refractivity contribution in [2.45, 2.75) is 31.0 Å². The summed E-state index contributed by atoms with van der Waals surface area (Å²) in [6, 6.07) is 30.1. The van der Waals surface area contributed by atoms with Crippen LogP contribution in [0.3, 0.4) is 0 Å². The molecular formula is C37H26N5+. The first kappa shape index (κ1) is 20.8. The van der Waals surface area contributed by atoms with Gasteiger partial charge in [-0.3, -0.25) is 0 Å². The van der Waals surface area contributed by atoms with Crippen LogP contribution in [0.1, 0.15) is 36.1 Å². The number of anilines is 1. The molecular weight excluding hydrogens is 514 g/mol. The van der Waals surface area contributed by atoms with Crippen molar-refractivity contribution in [2.75, 3.05) is 11.9 Å². The van der Waals surface area contributed by atoms with Crippen molar-refractivity contribution in [1.29, 1.82) is 0 Å². The molecule has 7 aromatic rings. The molecule has 0 radical (unpaired) electrons. The number of fused-ring (bicyclic) bond motifs is 7. The summed E-state index contributed by atoms with van der Waals surface area (Å²) < 4.78 is 7.90. The third-order valence-corrected chi connectivity index (χ3v) is 11.4. The number of aromatic nitrogens is 3. The molecule has 5 heteroatoms. The molecule has 0 aliphatic carbocycles. The van der Waals surface area contributed by atoms with Crippen LogP contribution >= 0.6 is 0 Å². The normalized spacial score (nSPS) is 22.5. The van der Waals surface area contributed by atoms with Crippen LogP contribution in [0.5, 0.6) is 0 Å². The maximum absolute atomic E-state index is 2.68. The SMILES string of the molecule is CN1C=CN2c3cccc4c3C3(c5c6c(cc7c8cccc9c8n(c57)-c5c(ccc[n+]53)C9(C)C)c3ccccc3n6-4)C12. The van der Waals surface area contributed by atoms with Gasteiger partial charge in [0.15, 0.2) is 11.7 Å². The number of likely N-dealkylation sites (N-methyl/N-ethyl adjacent to an activating group) is 1. The van der Waals surface area contributed by atoms with Crippen molar-refractivity contribution in [3.05, 3.63) is 120 Å². The lowest BCUT2D eigenvalue weighted by Crippen LogP contribution is -2.70. The lowest BCUT2D eigenvalue weighted by molar-refractivity contribution is -0.743. The summed E-state index contributed by atoms with van der Waals surface area (Å²) in [5.41, 5.74) is 13.1. The molecule has 12 rings (SSSR count). The van der Waals surface area contributed by atoms with Gasteiger partial charge in [0.25, 0.3) is 5.82 Å². The quantitative estimate of drug-likeness (QED) is 0.198. The Bertz CT molecular complexity index is 2540. The molecule has 0 amide bonds. The molecule has 5 nitrogen and oxygen atoms in total. The lowest BCUT2D eigenvalue weighted by atomic mass is 9.73. The minimum Gasteiger partial charge on any atom is -0.354 e. The average molecular weight is 541 g/mol. The van der Waals surface area contributed by atoms with E-state index in [-0.39, 0.29) is 11.6 Å². The number of para-hydroxylation sites is 2. The molecule has 42 heavy (non-hydrogen) atoms. The highest BCUT2D eigenvalue weighted by Crippen LogP contribution is 2.62. The molecule has 2 atom stereocenters. The van der Waals surface area contributed by atoms with E-state index in [1.54, 1.807) is 0 Å². The Balaban J connectivity index is 1.50. The van der Waals surface area contributed by atoms with Gasteiger partial charge in [-0.25, -0.2) is 4.57 Å². The molecule has 0 bridgehead atoms. The van der Waals surface area contributed by atoms with Gasteiger partial charge >= 0.3 is 0 Å². The second-order valence-electron chi connectivity index (χ2n) is 13.4. The van der Waals surface area contributed by atoms with Crippen LogP contribution in [0.25, 0.3) is 55.1 Å². The molecule has 4 aromatic carbocycles. The number of nitrogens with zero attached hydrogens (tertiary/aromatic N) is 5. The van der Waals surface area contributed by atoms with Crippen molar-refractivity contribution < 1.29 is 4.57 Å². The van der Waals surface area contributed by atoms with E-state index in [4.69, 9.17) is 0 Å². The Hall–Kier alpha value is -5.03. The highest BCUT2D eigenvalue weighted by Gasteiger charge is 2.67. The number of pyridine rings is 1. The molecule has 8 heterocycles. The van der Waals surface area contributed by atoms with Crippen LogP contribution in [0.4, 0.5) is 5.69 Å². The van der Waals surface area contributed by atoms with Crippen LogP contribution in [0.2, 0.25) is 0 Å². The van der Waals surface area contributed by atoms with Gasteiger partial charge in [0.1, 0.15) is 5.52 Å². The zero-order valence-corrected chi connectivity index (χ0v) is 23.6. The number of hydrogen-bond acceptors (Lipinski definition) is 2. The van der Waals surface area contributed by atoms with E-state index in [0.29, 0.717) is 0 Å². The molecule has 0 saturated carbocycles. The van der Waals surface area contributed by atoms with Crippen molar-refractivity contribution in [3.63, 3.8) is 0 Å². The summed E-state index contributed by atoms with van der Waals surface area (Å²) in [6.07, 6.45) is 7.01. The van der Waals surface area contributed by atoms with Crippen LogP contribution in [0, 0.1) is 0 Å². The van der Waals surface area contributed by atoms with Gasteiger partial charge in [-0.1, -0.05) is 50.2 Å². The second-order valence-corrected chi connectivity index (χ2v) is 13.4. The van der Waals surface area contributed by atoms with Crippen LogP contribution in [0.15, 0.2) is 97.5 Å². The second kappa shape index (κ2) is 5.95. The first-order valence-corrected chi connectivity index (χ1v) is 15.0. The standard InChI is InChI=1S/C37H26N5/c1-36(2)24-11-6-10-21-23-19-22-20-9-4-5-13-26(20)41-28-15-7-14-27-29(28)37(35-38(3)17-18-39(27)35)30(32(22)41)33(23)42(31(21)24)34-25(36)12-8-16-40(34)37/h4-19,35H,1-3H3/q+1. The highest BCUT2D eigenvalue weighted by atomic mass is 15.5. The van der Waals surface area contributed by atoms with E-state index in [9.17, 15) is 0 Å². The van der Waals surface area contributed by atoms with Gasteiger partial charge in [0.05, 0.1) is 45.3 Å². The molecule has 0 N–H and O–H groups in total. The topological polar surface area (TPSA) is 20.2 Å². The van der Waals surface area contributed by atoms with E-state index in [1.165, 1.54) is 83.1 Å². The average Bonchev–Trinajstić information content (AvgIpc) is 3.74. The summed E-state index contributed by atoms with van der Waals surface area (Å²) in [6.45, 7) is 4.82. The summed E-state index contributed by atoms with van der Waals surface area (Å²) in [4.78, 5) is 4.97. The monoisotopic (exact) mass is 540 g/mol. The molecule has 5 aliphatic rings. The lowest BCUT2D eigenvalue weighted by Gasteiger charge is -2.45. The minimum atomic E-state index is -0.435. The van der Waals surface area contributed by atoms with E-state index in [2.05, 4.69) is 142 Å². The van der Waals surface area contributed by atoms with E-state index >= 15 is 0 Å². The first-order valence-electron chi connectivity index (χ1n) is 15.0. The molecule has 0 fully saturated rings. The van der Waals surface area contributed by atoms with Crippen molar-refractivity contribution in [3.8, 4) is 11.5 Å². The maximum Gasteiger partial charge on any atom is 0.292 e. The maximum atomic E-state index is 2.68. The van der Waals surface area contributed by atoms with Crippen LogP contribution in [-0.4, -0.2) is 27.2 Å². The summed E-state index contributed by atoms with van der Waals surface area (Å²) in [5, 5.41) is 5.39. The molecule has 5 aliphatic heterocycles. The van der Waals surface area contributed by atoms with E-state index in [1.807, 2.05) is 0 Å². The van der Waals surface area contributed by atoms with E-state index in [0.717, 1.165) is 0 Å². The smallest absolute Gasteiger partial charge is 0.292 e. The van der Waals surface area contributed by atoms with Gasteiger partial charge in [0.2, 0.25) is 5.54 Å². The fourth-order valence-electron chi connectivity index (χ4n) is 9.95. The van der Waals surface area contributed by atoms with Gasteiger partial charge in [-0.15, -0.1) is 0 Å². The molecule has 198 valence electrons. The van der Waals surface area contributed by atoms with Crippen LogP contribution < -0.4 is 9.47 Å². The molecule has 2 unspecified atom stereocenters. The van der Waals surface area contributed by atoms with Gasteiger partial charge in [-0.05, 0) is 42.5 Å². The van der Waals surface area contributed by atoms with Crippen molar-refractivity contribution in [2.24, 2.45) is 0 Å². The Kier molecular flexibility index (Phi) is 2.95. The minimum absolute atomic E-state index is 0.0852. The largest absolute Gasteiger partial charge is 0.354 e. The Morgan fingerprint density at radius 2 is 1.43 bits per heavy atom. The molecule has 0 saturated heterocycles. The van der Waals surface area contributed by atoms with E-state index < -0.39 is 5.54 Å². The zero-order valence-electron chi connectivity index (χ0n) is 23.6. The van der Waals surface area contributed by atoms with Gasteiger partial charge in [0, 0.05) is 52.0 Å². The predicted molar refractivity (Wildman–Crippen MR) is 167 cm³/mol. The fourth-order valence-corrected chi connectivity index (χ4v) is 9.95. The third kappa shape index (κ3) is 1.72. The van der Waals surface area contributed by atoms with Gasteiger partial charge in [-0.2, -0.15) is 4.57 Å². The number of benzene rings is 4. The zero-order chi connectivity index (χ0) is 27.4. The fraction of sp³-hybridized carbons (Fsp3) is 0.162. The molecule has 1 spiro atoms. The van der Waals surface area contributed by atoms with Crippen molar-refractivity contribution in [1.82, 2.24) is 14.0 Å². The van der Waals surface area contributed by atoms with Gasteiger partial charge < -0.3 is 14.4 Å². The Morgan fingerprint density at radius 3 is 2.36 bits per heavy atom. The highest BCUT2D eigenvalue weighted by molar-refractivity contribution is 6.23. The van der Waals surface area contributed by atoms with Crippen LogP contribution in [-0.2, 0) is 11.0 Å². The number of hydrogen-bond donors (Lipinski definition) is 0. The van der Waals surface area contributed by atoms with Crippen molar-refractivity contribution >= 4 is 49.3 Å². The number of rotatable bonds is 0. The summed E-state index contributed by atoms with van der Waals surface area (Å²) >= 11 is 0. The molecule has 3 aromatic heterocycles. The summed E-state index contributed by atoms with van der Waals surface area (Å²) in [5.74, 6) is 1.32. The first-order chi connectivity index (χ1) is 20.5. The third-order valence-electron chi connectivity index (χ3n) is 11.4. The Morgan fingerprint density at radius 1 is 0.667 bits per heavy atom.